The van der Waals surface area contributed by atoms with E-state index in [-0.39, 0.29) is 12.3 Å². The Kier molecular flexibility index (Phi) is 7.85. The summed E-state index contributed by atoms with van der Waals surface area (Å²) in [5, 5.41) is 0. The van der Waals surface area contributed by atoms with Gasteiger partial charge in [-0.25, -0.2) is 4.90 Å². The number of nitrogens with zero attached hydrogens (tertiary/aromatic N) is 1. The third-order valence-electron chi connectivity index (χ3n) is 3.55. The van der Waals surface area contributed by atoms with Crippen LogP contribution in [0.3, 0.4) is 0 Å². The number of hydrogen-bond donors (Lipinski definition) is 0. The van der Waals surface area contributed by atoms with Gasteiger partial charge in [0.2, 0.25) is 5.91 Å². The van der Waals surface area contributed by atoms with Gasteiger partial charge in [0, 0.05) is 18.6 Å². The minimum atomic E-state index is -0.504. The summed E-state index contributed by atoms with van der Waals surface area (Å²) in [6.07, 6.45) is 13.1. The van der Waals surface area contributed by atoms with Crippen molar-refractivity contribution >= 4 is 17.7 Å². The molecule has 0 aromatic rings. The average Bonchev–Trinajstić information content (AvgIpc) is 2.76. The van der Waals surface area contributed by atoms with Crippen molar-refractivity contribution in [1.82, 2.24) is 4.90 Å². The first-order chi connectivity index (χ1) is 9.66. The number of carbonyl (C=O) groups is 3. The summed E-state index contributed by atoms with van der Waals surface area (Å²) in [4.78, 5) is 35.0. The Morgan fingerprint density at radius 3 is 1.80 bits per heavy atom. The Labute approximate surface area is 121 Å². The smallest absolute Gasteiger partial charge is 0.260 e. The van der Waals surface area contributed by atoms with E-state index in [9.17, 15) is 14.4 Å². The molecule has 0 aromatic carbocycles. The highest BCUT2D eigenvalue weighted by Gasteiger charge is 2.29. The Bertz CT molecular complexity index is 356. The van der Waals surface area contributed by atoms with Crippen LogP contribution in [0.15, 0.2) is 12.2 Å². The summed E-state index contributed by atoms with van der Waals surface area (Å²) in [6, 6.07) is 0. The molecule has 1 rings (SSSR count). The van der Waals surface area contributed by atoms with Crippen molar-refractivity contribution in [3.63, 3.8) is 0 Å². The Hall–Kier alpha value is -1.45. The quantitative estimate of drug-likeness (QED) is 0.455. The van der Waals surface area contributed by atoms with Gasteiger partial charge in [0.25, 0.3) is 11.8 Å². The first-order valence-corrected chi connectivity index (χ1v) is 7.75. The molecule has 4 nitrogen and oxygen atoms in total. The van der Waals surface area contributed by atoms with Crippen LogP contribution in [-0.4, -0.2) is 22.6 Å². The maximum Gasteiger partial charge on any atom is 0.260 e. The van der Waals surface area contributed by atoms with E-state index < -0.39 is 11.8 Å². The van der Waals surface area contributed by atoms with E-state index in [1.54, 1.807) is 0 Å². The van der Waals surface area contributed by atoms with Crippen LogP contribution in [0, 0.1) is 0 Å². The zero-order chi connectivity index (χ0) is 14.8. The fourth-order valence-electron chi connectivity index (χ4n) is 2.34. The number of imide groups is 3. The summed E-state index contributed by atoms with van der Waals surface area (Å²) < 4.78 is 0. The van der Waals surface area contributed by atoms with Crippen LogP contribution in [0.5, 0.6) is 0 Å². The molecule has 0 spiro atoms. The van der Waals surface area contributed by atoms with Crippen molar-refractivity contribution in [1.29, 1.82) is 0 Å². The third kappa shape index (κ3) is 5.68. The lowest BCUT2D eigenvalue weighted by atomic mass is 10.1. The Morgan fingerprint density at radius 2 is 1.30 bits per heavy atom. The third-order valence-corrected chi connectivity index (χ3v) is 3.55. The molecule has 0 radical (unpaired) electrons. The van der Waals surface area contributed by atoms with Crippen molar-refractivity contribution in [3.8, 4) is 0 Å². The van der Waals surface area contributed by atoms with Gasteiger partial charge >= 0.3 is 0 Å². The molecule has 3 amide bonds. The van der Waals surface area contributed by atoms with E-state index in [1.165, 1.54) is 38.5 Å². The van der Waals surface area contributed by atoms with Gasteiger partial charge in [-0.2, -0.15) is 0 Å². The molecule has 1 heterocycles. The second-order valence-corrected chi connectivity index (χ2v) is 5.32. The second kappa shape index (κ2) is 9.45. The highest BCUT2D eigenvalue weighted by atomic mass is 16.2. The van der Waals surface area contributed by atoms with E-state index in [0.717, 1.165) is 36.3 Å². The van der Waals surface area contributed by atoms with Gasteiger partial charge in [-0.05, 0) is 6.42 Å². The molecule has 1 aliphatic heterocycles. The molecular formula is C16H25NO3. The summed E-state index contributed by atoms with van der Waals surface area (Å²) in [7, 11) is 0. The molecule has 0 aromatic heterocycles. The van der Waals surface area contributed by atoms with Crippen molar-refractivity contribution < 1.29 is 14.4 Å². The highest BCUT2D eigenvalue weighted by molar-refractivity contribution is 6.22. The van der Waals surface area contributed by atoms with E-state index in [2.05, 4.69) is 6.92 Å². The zero-order valence-electron chi connectivity index (χ0n) is 12.4. The largest absolute Gasteiger partial charge is 0.274 e. The predicted molar refractivity (Wildman–Crippen MR) is 77.8 cm³/mol. The van der Waals surface area contributed by atoms with Crippen LogP contribution in [-0.2, 0) is 14.4 Å². The summed E-state index contributed by atoms with van der Waals surface area (Å²) in [5.41, 5.74) is 0. The van der Waals surface area contributed by atoms with Crippen molar-refractivity contribution in [3.05, 3.63) is 12.2 Å². The van der Waals surface area contributed by atoms with Crippen LogP contribution in [0.25, 0.3) is 0 Å². The number of rotatable bonds is 10. The van der Waals surface area contributed by atoms with Gasteiger partial charge in [-0.1, -0.05) is 58.3 Å². The van der Waals surface area contributed by atoms with E-state index >= 15 is 0 Å². The molecule has 20 heavy (non-hydrogen) atoms. The number of hydrogen-bond acceptors (Lipinski definition) is 3. The maximum atomic E-state index is 11.7. The standard InChI is InChI=1S/C16H25NO3/c1-2-3-4-5-6-7-8-9-10-11-14(18)17-15(19)12-13-16(17)20/h12-13H,2-11H2,1H3. The monoisotopic (exact) mass is 279 g/mol. The Balaban J connectivity index is 2.00. The second-order valence-electron chi connectivity index (χ2n) is 5.32. The molecule has 0 N–H and O–H groups in total. The van der Waals surface area contributed by atoms with E-state index in [4.69, 9.17) is 0 Å². The molecule has 0 fully saturated rings. The lowest BCUT2D eigenvalue weighted by Crippen LogP contribution is -2.36. The minimum Gasteiger partial charge on any atom is -0.274 e. The number of carbonyl (C=O) groups excluding carboxylic acids is 3. The normalized spacial score (nSPS) is 14.3. The lowest BCUT2D eigenvalue weighted by molar-refractivity contribution is -0.148. The molecule has 0 saturated heterocycles. The molecule has 0 aliphatic carbocycles. The Morgan fingerprint density at radius 1 is 0.850 bits per heavy atom. The molecule has 0 atom stereocenters. The van der Waals surface area contributed by atoms with Gasteiger partial charge in [0.05, 0.1) is 0 Å². The van der Waals surface area contributed by atoms with E-state index in [0.29, 0.717) is 0 Å². The lowest BCUT2D eigenvalue weighted by Gasteiger charge is -2.11. The predicted octanol–water partition coefficient (Wildman–Crippen LogP) is 3.36. The summed E-state index contributed by atoms with van der Waals surface area (Å²) in [5.74, 6) is -1.38. The summed E-state index contributed by atoms with van der Waals surface area (Å²) >= 11 is 0. The van der Waals surface area contributed by atoms with Crippen LogP contribution in [0.1, 0.15) is 71.1 Å². The van der Waals surface area contributed by atoms with Crippen LogP contribution >= 0.6 is 0 Å². The average molecular weight is 279 g/mol. The number of unbranched alkanes of at least 4 members (excludes halogenated alkanes) is 8. The molecular weight excluding hydrogens is 254 g/mol. The molecule has 1 aliphatic rings. The van der Waals surface area contributed by atoms with E-state index in [1.807, 2.05) is 0 Å². The summed E-state index contributed by atoms with van der Waals surface area (Å²) in [6.45, 7) is 2.21. The van der Waals surface area contributed by atoms with Crippen molar-refractivity contribution in [2.75, 3.05) is 0 Å². The SMILES string of the molecule is CCCCCCCCCCCC(=O)N1C(=O)C=CC1=O. The molecule has 0 unspecified atom stereocenters. The minimum absolute atomic E-state index is 0.287. The van der Waals surface area contributed by atoms with Gasteiger partial charge < -0.3 is 0 Å². The molecule has 112 valence electrons. The number of amides is 3. The van der Waals surface area contributed by atoms with Crippen LogP contribution in [0.2, 0.25) is 0 Å². The zero-order valence-corrected chi connectivity index (χ0v) is 12.4. The maximum absolute atomic E-state index is 11.7. The first kappa shape index (κ1) is 16.6. The van der Waals surface area contributed by atoms with Crippen LogP contribution < -0.4 is 0 Å². The van der Waals surface area contributed by atoms with Gasteiger partial charge in [-0.3, -0.25) is 14.4 Å². The first-order valence-electron chi connectivity index (χ1n) is 7.75. The molecule has 0 bridgehead atoms. The van der Waals surface area contributed by atoms with Gasteiger partial charge in [0.1, 0.15) is 0 Å². The van der Waals surface area contributed by atoms with Gasteiger partial charge in [-0.15, -0.1) is 0 Å². The molecule has 4 heteroatoms. The van der Waals surface area contributed by atoms with Crippen molar-refractivity contribution in [2.45, 2.75) is 71.1 Å². The molecule has 0 saturated carbocycles. The van der Waals surface area contributed by atoms with Gasteiger partial charge in [0.15, 0.2) is 0 Å². The van der Waals surface area contributed by atoms with Crippen molar-refractivity contribution in [2.24, 2.45) is 0 Å². The van der Waals surface area contributed by atoms with Crippen LogP contribution in [0.4, 0.5) is 0 Å². The topological polar surface area (TPSA) is 54.5 Å². The fourth-order valence-corrected chi connectivity index (χ4v) is 2.34. The highest BCUT2D eigenvalue weighted by Crippen LogP contribution is 2.12. The fraction of sp³-hybridized carbons (Fsp3) is 0.688.